The predicted molar refractivity (Wildman–Crippen MR) is 304 cm³/mol. The first-order chi connectivity index (χ1) is 39.2. The summed E-state index contributed by atoms with van der Waals surface area (Å²) >= 11 is 0. The smallest absolute Gasteiger partial charge is 0.407 e. The zero-order chi connectivity index (χ0) is 59.5. The number of alkyl carbamates (subject to hydrolysis) is 1. The van der Waals surface area contributed by atoms with Gasteiger partial charge >= 0.3 is 12.1 Å². The number of oxime groups is 1. The van der Waals surface area contributed by atoms with Crippen molar-refractivity contribution in [1.29, 1.82) is 0 Å². The van der Waals surface area contributed by atoms with Crippen LogP contribution in [-0.2, 0) is 28.5 Å². The number of benzene rings is 2. The number of nitrogens with one attached hydrogen (secondary N) is 1. The lowest BCUT2D eigenvalue weighted by Gasteiger charge is -2.45. The molecule has 2 bridgehead atoms. The van der Waals surface area contributed by atoms with E-state index in [9.17, 15) is 65.9 Å². The molecular weight excluding hydrogens is 1060 g/mol. The van der Waals surface area contributed by atoms with E-state index in [0.717, 1.165) is 28.5 Å². The van der Waals surface area contributed by atoms with E-state index in [4.69, 9.17) is 23.7 Å². The van der Waals surface area contributed by atoms with E-state index in [1.54, 1.807) is 68.5 Å². The van der Waals surface area contributed by atoms with Gasteiger partial charge in [0.05, 0.1) is 85.6 Å². The SMILES string of the molecule is C[C@@H]1[C@H](O)[C@@H](C)C=CC=CC=CC=CC=CC=CC=C[C@H](O[C@@H]2O[C@H](C)[C@@H](O)[C@H](NC(=O)OCC3c4ccccc4-c4ccccc43)[C@@H]2O)C[C@@H]2O[C@](O)(C[C@@H](O)C[C@@H](O)[C@H](O)CC[C@@H](O)C[C@@H](O)CC(=O)O[C@H]1C)C[C@H](O)[C@H]2/C=N/O. The number of ether oxygens (including phenoxy) is 5. The minimum absolute atomic E-state index is 0.0348. The summed E-state index contributed by atoms with van der Waals surface area (Å²) in [6.45, 7) is 6.72. The molecular formula is C62H84N2O18. The maximum atomic E-state index is 13.5. The first-order valence-corrected chi connectivity index (χ1v) is 28.2. The number of hydrogen-bond acceptors (Lipinski definition) is 19. The largest absolute Gasteiger partial charge is 0.462 e. The van der Waals surface area contributed by atoms with Crippen LogP contribution in [0, 0.1) is 17.8 Å². The van der Waals surface area contributed by atoms with E-state index in [1.165, 1.54) is 6.92 Å². The summed E-state index contributed by atoms with van der Waals surface area (Å²) in [5.74, 6) is -5.09. The average Bonchev–Trinajstić information content (AvgIpc) is 3.83. The van der Waals surface area contributed by atoms with Gasteiger partial charge in [-0.2, -0.15) is 0 Å². The molecule has 12 N–H and O–H groups in total. The molecule has 1 aliphatic carbocycles. The fraction of sp³-hybridized carbons (Fsp3) is 0.532. The Morgan fingerprint density at radius 2 is 1.26 bits per heavy atom. The van der Waals surface area contributed by atoms with E-state index in [-0.39, 0.29) is 44.1 Å². The molecule has 0 radical (unpaired) electrons. The Kier molecular flexibility index (Phi) is 25.4. The van der Waals surface area contributed by atoms with Gasteiger partial charge in [0.2, 0.25) is 0 Å². The average molecular weight is 1150 g/mol. The van der Waals surface area contributed by atoms with Crippen molar-refractivity contribution >= 4 is 18.3 Å². The molecule has 2 aromatic rings. The number of amides is 1. The zero-order valence-corrected chi connectivity index (χ0v) is 46.8. The molecule has 19 atom stereocenters. The summed E-state index contributed by atoms with van der Waals surface area (Å²) in [5, 5.41) is 127. The molecule has 3 heterocycles. The third kappa shape index (κ3) is 18.9. The highest BCUT2D eigenvalue weighted by Crippen LogP contribution is 2.45. The van der Waals surface area contributed by atoms with Gasteiger partial charge in [0, 0.05) is 43.4 Å². The summed E-state index contributed by atoms with van der Waals surface area (Å²) in [7, 11) is 0. The van der Waals surface area contributed by atoms with Crippen molar-refractivity contribution in [3.05, 3.63) is 145 Å². The van der Waals surface area contributed by atoms with Gasteiger partial charge in [0.15, 0.2) is 12.1 Å². The third-order valence-corrected chi connectivity index (χ3v) is 15.6. The standard InChI is InChI=1S/C62H84N2O18/c1-37-21-15-13-11-9-7-5-6-8-10-12-14-16-22-44(81-60-59(74)56(58(73)40(4)80-60)64-61(75)78-36-50-47-25-19-17-23-45(47)46-24-18-20-26-48(46)50)32-54-49(35-63-77)53(70)34-62(76,82-54)33-43(67)30-52(69)51(68)28-27-41(65)29-42(66)31-55(71)79-39(3)38(2)57(37)72/h5-26,35,37-44,49-54,56-60,65-70,72-74,76-77H,27-34,36H2,1-4H3,(H,64,75)/b6-5?,9-7?,10-8?,13-11?,14-12?,21-15?,22-16?,63-35+/t37-,38-,39-,40+,41+,42+,43-,44-,49+,51+,52+,53-,54-,56-,57+,58+,59-,60-,62+/m0/s1. The number of carbonyl (C=O) groups is 2. The second-order valence-electron chi connectivity index (χ2n) is 22.0. The molecule has 6 rings (SSSR count). The molecule has 1 amide bonds. The normalized spacial score (nSPS) is 36.3. The van der Waals surface area contributed by atoms with E-state index < -0.39 is 147 Å². The van der Waals surface area contributed by atoms with Crippen LogP contribution < -0.4 is 5.32 Å². The lowest BCUT2D eigenvalue weighted by Crippen LogP contribution is -2.64. The van der Waals surface area contributed by atoms with E-state index in [1.807, 2.05) is 85.8 Å². The molecule has 450 valence electrons. The summed E-state index contributed by atoms with van der Waals surface area (Å²) in [4.78, 5) is 26.2. The molecule has 20 heteroatoms. The maximum Gasteiger partial charge on any atom is 0.407 e. The second kappa shape index (κ2) is 31.8. The zero-order valence-electron chi connectivity index (χ0n) is 46.8. The van der Waals surface area contributed by atoms with Crippen LogP contribution >= 0.6 is 0 Å². The Morgan fingerprint density at radius 3 is 1.87 bits per heavy atom. The number of cyclic esters (lactones) is 1. The van der Waals surface area contributed by atoms with E-state index >= 15 is 0 Å². The number of carbonyl (C=O) groups excluding carboxylic acids is 2. The Bertz CT molecular complexity index is 2540. The van der Waals surface area contributed by atoms with Crippen LogP contribution in [0.3, 0.4) is 0 Å². The second-order valence-corrected chi connectivity index (χ2v) is 22.0. The molecule has 82 heavy (non-hydrogen) atoms. The molecule has 3 aliphatic heterocycles. The number of esters is 1. The third-order valence-electron chi connectivity index (χ3n) is 15.6. The number of fused-ring (bicyclic) bond motifs is 5. The predicted octanol–water partition coefficient (Wildman–Crippen LogP) is 4.67. The first-order valence-electron chi connectivity index (χ1n) is 28.2. The Balaban J connectivity index is 1.19. The number of hydrogen-bond donors (Lipinski definition) is 12. The van der Waals surface area contributed by atoms with Gasteiger partial charge in [0.1, 0.15) is 24.9 Å². The van der Waals surface area contributed by atoms with Crippen LogP contribution in [0.1, 0.15) is 96.1 Å². The minimum atomic E-state index is -2.27. The molecule has 20 nitrogen and oxygen atoms in total. The highest BCUT2D eigenvalue weighted by atomic mass is 16.7. The van der Waals surface area contributed by atoms with Crippen LogP contribution in [0.5, 0.6) is 0 Å². The Morgan fingerprint density at radius 1 is 0.671 bits per heavy atom. The number of aliphatic hydroxyl groups is 10. The molecule has 2 fully saturated rings. The topological polar surface area (TPSA) is 327 Å². The fourth-order valence-electron chi connectivity index (χ4n) is 10.9. The van der Waals surface area contributed by atoms with Crippen molar-refractivity contribution in [2.45, 2.75) is 182 Å². The number of rotatable bonds is 6. The fourth-order valence-corrected chi connectivity index (χ4v) is 10.9. The van der Waals surface area contributed by atoms with Crippen molar-refractivity contribution in [2.24, 2.45) is 22.9 Å². The van der Waals surface area contributed by atoms with Gasteiger partial charge in [-0.05, 0) is 55.4 Å². The van der Waals surface area contributed by atoms with Crippen molar-refractivity contribution in [2.75, 3.05) is 6.61 Å². The Labute approximate surface area is 479 Å². The monoisotopic (exact) mass is 1140 g/mol. The molecule has 4 aliphatic rings. The lowest BCUT2D eigenvalue weighted by molar-refractivity contribution is -0.304. The van der Waals surface area contributed by atoms with E-state index in [0.29, 0.717) is 0 Å². The highest BCUT2D eigenvalue weighted by molar-refractivity contribution is 5.79. The number of allylic oxidation sites excluding steroid dienone is 12. The van der Waals surface area contributed by atoms with Crippen molar-refractivity contribution < 1.29 is 89.5 Å². The van der Waals surface area contributed by atoms with Crippen LogP contribution in [0.4, 0.5) is 4.79 Å². The molecule has 0 spiro atoms. The first kappa shape index (κ1) is 65.5. The van der Waals surface area contributed by atoms with Gasteiger partial charge in [0.25, 0.3) is 0 Å². The summed E-state index contributed by atoms with van der Waals surface area (Å²) in [5.41, 5.74) is 4.04. The van der Waals surface area contributed by atoms with Gasteiger partial charge in [-0.15, -0.1) is 5.16 Å². The van der Waals surface area contributed by atoms with Crippen molar-refractivity contribution in [3.63, 3.8) is 0 Å². The number of nitrogens with zero attached hydrogens (tertiary/aromatic N) is 1. The van der Waals surface area contributed by atoms with Crippen LogP contribution in [0.2, 0.25) is 0 Å². The molecule has 0 unspecified atom stereocenters. The van der Waals surface area contributed by atoms with E-state index in [2.05, 4.69) is 10.5 Å². The van der Waals surface area contributed by atoms with Gasteiger partial charge < -0.3 is 85.3 Å². The Hall–Kier alpha value is -5.69. The van der Waals surface area contributed by atoms with Crippen LogP contribution in [0.25, 0.3) is 11.1 Å². The van der Waals surface area contributed by atoms with Crippen LogP contribution in [0.15, 0.2) is 139 Å². The van der Waals surface area contributed by atoms with Gasteiger partial charge in [-0.25, -0.2) is 4.79 Å². The molecule has 2 aromatic carbocycles. The van der Waals surface area contributed by atoms with Gasteiger partial charge in [-0.1, -0.05) is 147 Å². The van der Waals surface area contributed by atoms with Crippen LogP contribution in [-0.4, -0.2) is 179 Å². The quantitative estimate of drug-likeness (QED) is 0.0809. The molecule has 2 saturated heterocycles. The lowest BCUT2D eigenvalue weighted by atomic mass is 9.83. The van der Waals surface area contributed by atoms with Crippen molar-refractivity contribution in [1.82, 2.24) is 5.32 Å². The minimum Gasteiger partial charge on any atom is -0.462 e. The molecule has 0 aromatic heterocycles. The summed E-state index contributed by atoms with van der Waals surface area (Å²) < 4.78 is 29.8. The summed E-state index contributed by atoms with van der Waals surface area (Å²) in [6, 6.07) is 14.3. The van der Waals surface area contributed by atoms with Crippen molar-refractivity contribution in [3.8, 4) is 11.1 Å². The number of aliphatic hydroxyl groups excluding tert-OH is 9. The van der Waals surface area contributed by atoms with Gasteiger partial charge in [-0.3, -0.25) is 4.79 Å². The summed E-state index contributed by atoms with van der Waals surface area (Å²) in [6.07, 6.45) is 3.97. The maximum absolute atomic E-state index is 13.5. The highest BCUT2D eigenvalue weighted by Gasteiger charge is 2.49. The molecule has 0 saturated carbocycles.